The second kappa shape index (κ2) is 7.99. The van der Waals surface area contributed by atoms with Crippen LogP contribution in [0.5, 0.6) is 11.5 Å². The summed E-state index contributed by atoms with van der Waals surface area (Å²) in [7, 11) is 7.89. The van der Waals surface area contributed by atoms with Crippen LogP contribution >= 0.6 is 0 Å². The topological polar surface area (TPSA) is 46.9 Å². The van der Waals surface area contributed by atoms with Gasteiger partial charge in [0.25, 0.3) is 0 Å². The van der Waals surface area contributed by atoms with Crippen molar-refractivity contribution in [1.82, 2.24) is 9.80 Å². The fraction of sp³-hybridized carbons (Fsp3) is 0.300. The van der Waals surface area contributed by atoms with Crippen LogP contribution in [0.25, 0.3) is 12.2 Å². The lowest BCUT2D eigenvalue weighted by molar-refractivity contribution is 0.386. The van der Waals surface area contributed by atoms with Crippen LogP contribution < -0.4 is 0 Å². The Morgan fingerprint density at radius 1 is 0.708 bits per heavy atom. The highest BCUT2D eigenvalue weighted by Crippen LogP contribution is 2.23. The second-order valence-electron chi connectivity index (χ2n) is 6.59. The van der Waals surface area contributed by atoms with Gasteiger partial charge in [-0.25, -0.2) is 0 Å². The van der Waals surface area contributed by atoms with Crippen molar-refractivity contribution in [2.24, 2.45) is 0 Å². The Hall–Kier alpha value is -2.30. The van der Waals surface area contributed by atoms with E-state index in [1.165, 1.54) is 0 Å². The minimum atomic E-state index is 0.301. The molecule has 2 aromatic rings. The third-order valence-electron chi connectivity index (χ3n) is 3.66. The van der Waals surface area contributed by atoms with E-state index in [9.17, 15) is 10.2 Å². The van der Waals surface area contributed by atoms with E-state index in [4.69, 9.17) is 0 Å². The van der Waals surface area contributed by atoms with Crippen molar-refractivity contribution in [3.05, 3.63) is 58.7 Å². The molecule has 0 aliphatic carbocycles. The Labute approximate surface area is 144 Å². The van der Waals surface area contributed by atoms with E-state index in [1.807, 2.05) is 74.4 Å². The molecular weight excluding hydrogens is 300 g/mol. The number of hydrogen-bond acceptors (Lipinski definition) is 4. The first-order valence-electron chi connectivity index (χ1n) is 7.96. The van der Waals surface area contributed by atoms with Crippen LogP contribution in [0.2, 0.25) is 0 Å². The van der Waals surface area contributed by atoms with Crippen molar-refractivity contribution in [1.29, 1.82) is 0 Å². The number of nitrogens with zero attached hydrogens (tertiary/aromatic N) is 2. The van der Waals surface area contributed by atoms with Crippen LogP contribution in [-0.4, -0.2) is 48.2 Å². The average Bonchev–Trinajstić information content (AvgIpc) is 2.49. The van der Waals surface area contributed by atoms with Gasteiger partial charge in [-0.15, -0.1) is 0 Å². The molecule has 0 radical (unpaired) electrons. The standard InChI is InChI=1S/C20H26N2O2/c1-21(2)13-17-9-7-15(11-19(17)23)5-6-16-8-10-18(14-22(3)4)20(24)12-16/h5-12,23-24H,13-14H2,1-4H3/b6-5-. The Morgan fingerprint density at radius 3 is 1.38 bits per heavy atom. The van der Waals surface area contributed by atoms with Gasteiger partial charge in [-0.2, -0.15) is 0 Å². The Balaban J connectivity index is 2.13. The molecular formula is C20H26N2O2. The molecule has 24 heavy (non-hydrogen) atoms. The van der Waals surface area contributed by atoms with Crippen LogP contribution in [0.3, 0.4) is 0 Å². The molecule has 0 saturated carbocycles. The van der Waals surface area contributed by atoms with Gasteiger partial charge in [-0.3, -0.25) is 0 Å². The maximum Gasteiger partial charge on any atom is 0.120 e. The quantitative estimate of drug-likeness (QED) is 0.799. The van der Waals surface area contributed by atoms with E-state index in [0.29, 0.717) is 24.6 Å². The molecule has 0 saturated heterocycles. The van der Waals surface area contributed by atoms with Gasteiger partial charge >= 0.3 is 0 Å². The van der Waals surface area contributed by atoms with Gasteiger partial charge in [0.05, 0.1) is 0 Å². The molecule has 0 atom stereocenters. The summed E-state index contributed by atoms with van der Waals surface area (Å²) in [6.45, 7) is 1.41. The highest BCUT2D eigenvalue weighted by atomic mass is 16.3. The summed E-state index contributed by atoms with van der Waals surface area (Å²) in [6.07, 6.45) is 3.86. The molecule has 4 nitrogen and oxygen atoms in total. The summed E-state index contributed by atoms with van der Waals surface area (Å²) < 4.78 is 0. The summed E-state index contributed by atoms with van der Waals surface area (Å²) in [6, 6.07) is 11.4. The number of benzene rings is 2. The first-order chi connectivity index (χ1) is 11.3. The Bertz CT molecular complexity index is 660. The third-order valence-corrected chi connectivity index (χ3v) is 3.66. The Kier molecular flexibility index (Phi) is 6.01. The molecule has 0 spiro atoms. The van der Waals surface area contributed by atoms with Gasteiger partial charge in [-0.1, -0.05) is 36.4 Å². The van der Waals surface area contributed by atoms with Gasteiger partial charge < -0.3 is 20.0 Å². The number of phenolic OH excluding ortho intramolecular Hbond substituents is 2. The smallest absolute Gasteiger partial charge is 0.120 e. The molecule has 2 rings (SSSR count). The van der Waals surface area contributed by atoms with Gasteiger partial charge in [-0.05, 0) is 51.5 Å². The lowest BCUT2D eigenvalue weighted by atomic mass is 10.1. The minimum absolute atomic E-state index is 0.301. The zero-order valence-electron chi connectivity index (χ0n) is 14.8. The number of aromatic hydroxyl groups is 2. The second-order valence-corrected chi connectivity index (χ2v) is 6.59. The first kappa shape index (κ1) is 18.0. The summed E-state index contributed by atoms with van der Waals surface area (Å²) in [5.74, 6) is 0.602. The van der Waals surface area contributed by atoms with Gasteiger partial charge in [0, 0.05) is 24.2 Å². The molecule has 0 aliphatic rings. The number of hydrogen-bond donors (Lipinski definition) is 2. The molecule has 2 aromatic carbocycles. The van der Waals surface area contributed by atoms with E-state index >= 15 is 0 Å². The molecule has 0 unspecified atom stereocenters. The van der Waals surface area contributed by atoms with Crippen molar-refractivity contribution in [2.75, 3.05) is 28.2 Å². The summed E-state index contributed by atoms with van der Waals surface area (Å²) >= 11 is 0. The largest absolute Gasteiger partial charge is 0.508 e. The van der Waals surface area contributed by atoms with E-state index in [2.05, 4.69) is 0 Å². The van der Waals surface area contributed by atoms with Gasteiger partial charge in [0.1, 0.15) is 11.5 Å². The normalized spacial score (nSPS) is 11.8. The van der Waals surface area contributed by atoms with Crippen molar-refractivity contribution >= 4 is 12.2 Å². The molecule has 2 N–H and O–H groups in total. The summed E-state index contributed by atoms with van der Waals surface area (Å²) in [5.41, 5.74) is 3.66. The Morgan fingerprint density at radius 2 is 1.08 bits per heavy atom. The molecule has 0 bridgehead atoms. The minimum Gasteiger partial charge on any atom is -0.508 e. The van der Waals surface area contributed by atoms with E-state index in [0.717, 1.165) is 22.3 Å². The van der Waals surface area contributed by atoms with Crippen molar-refractivity contribution in [3.8, 4) is 11.5 Å². The molecule has 0 aromatic heterocycles. The zero-order valence-corrected chi connectivity index (χ0v) is 14.8. The van der Waals surface area contributed by atoms with E-state index in [-0.39, 0.29) is 0 Å². The monoisotopic (exact) mass is 326 g/mol. The van der Waals surface area contributed by atoms with Crippen LogP contribution in [0, 0.1) is 0 Å². The van der Waals surface area contributed by atoms with Crippen LogP contribution in [-0.2, 0) is 13.1 Å². The SMILES string of the molecule is CN(C)Cc1ccc(/C=C\c2ccc(CN(C)C)c(O)c2)cc1O. The van der Waals surface area contributed by atoms with Crippen molar-refractivity contribution in [3.63, 3.8) is 0 Å². The molecule has 4 heteroatoms. The predicted octanol–water partition coefficient (Wildman–Crippen LogP) is 3.39. The fourth-order valence-corrected chi connectivity index (χ4v) is 2.51. The predicted molar refractivity (Wildman–Crippen MR) is 99.9 cm³/mol. The highest BCUT2D eigenvalue weighted by Gasteiger charge is 2.04. The third kappa shape index (κ3) is 5.11. The molecule has 0 amide bonds. The lowest BCUT2D eigenvalue weighted by Gasteiger charge is -2.12. The fourth-order valence-electron chi connectivity index (χ4n) is 2.51. The maximum atomic E-state index is 10.1. The lowest BCUT2D eigenvalue weighted by Crippen LogP contribution is -2.10. The van der Waals surface area contributed by atoms with Gasteiger partial charge in [0.15, 0.2) is 0 Å². The average molecular weight is 326 g/mol. The molecule has 0 fully saturated rings. The molecule has 128 valence electrons. The summed E-state index contributed by atoms with van der Waals surface area (Å²) in [5, 5.41) is 20.2. The first-order valence-corrected chi connectivity index (χ1v) is 7.96. The zero-order chi connectivity index (χ0) is 17.7. The van der Waals surface area contributed by atoms with Crippen LogP contribution in [0.15, 0.2) is 36.4 Å². The van der Waals surface area contributed by atoms with Crippen molar-refractivity contribution < 1.29 is 10.2 Å². The number of rotatable bonds is 6. The van der Waals surface area contributed by atoms with Crippen LogP contribution in [0.1, 0.15) is 22.3 Å². The molecule has 0 aliphatic heterocycles. The van der Waals surface area contributed by atoms with Gasteiger partial charge in [0.2, 0.25) is 0 Å². The van der Waals surface area contributed by atoms with Crippen LogP contribution in [0.4, 0.5) is 0 Å². The van der Waals surface area contributed by atoms with E-state index in [1.54, 1.807) is 12.1 Å². The molecule has 0 heterocycles. The summed E-state index contributed by atoms with van der Waals surface area (Å²) in [4.78, 5) is 4.03. The number of phenols is 2. The highest BCUT2D eigenvalue weighted by molar-refractivity contribution is 5.71. The van der Waals surface area contributed by atoms with E-state index < -0.39 is 0 Å². The maximum absolute atomic E-state index is 10.1. The van der Waals surface area contributed by atoms with Crippen molar-refractivity contribution in [2.45, 2.75) is 13.1 Å².